The van der Waals surface area contributed by atoms with Crippen molar-refractivity contribution in [3.63, 3.8) is 0 Å². The van der Waals surface area contributed by atoms with Crippen molar-refractivity contribution in [2.45, 2.75) is 143 Å². The Hall–Kier alpha value is -5.76. The molecule has 3 aliphatic heterocycles. The fourth-order valence-corrected chi connectivity index (χ4v) is 14.9. The monoisotopic (exact) mass is 1020 g/mol. The molecule has 0 radical (unpaired) electrons. The highest BCUT2D eigenvalue weighted by Crippen LogP contribution is 2.55. The molecule has 5 heterocycles. The van der Waals surface area contributed by atoms with Crippen LogP contribution in [-0.4, -0.2) is 96.8 Å². The number of hydrogen-bond acceptors (Lipinski definition) is 14. The number of ether oxygens (including phenoxy) is 2. The van der Waals surface area contributed by atoms with Gasteiger partial charge in [0, 0.05) is 60.6 Å². The second-order valence-corrected chi connectivity index (χ2v) is 25.7. The number of nitrogens with one attached hydrogen (secondary N) is 3. The number of carbonyl (C=O) groups is 1. The zero-order valence-corrected chi connectivity index (χ0v) is 42.6. The molecule has 5 fully saturated rings. The van der Waals surface area contributed by atoms with Crippen molar-refractivity contribution in [3.05, 3.63) is 99.7 Å². The molecule has 3 aromatic carbocycles. The average Bonchev–Trinajstić information content (AvgIpc) is 3.94. The van der Waals surface area contributed by atoms with E-state index in [0.717, 1.165) is 57.5 Å². The van der Waals surface area contributed by atoms with Crippen molar-refractivity contribution in [1.29, 1.82) is 0 Å². The van der Waals surface area contributed by atoms with E-state index in [1.54, 1.807) is 37.4 Å². The highest BCUT2D eigenvalue weighted by atomic mass is 32.2. The number of benzene rings is 3. The average molecular weight is 1020 g/mol. The van der Waals surface area contributed by atoms with Gasteiger partial charge in [-0.25, -0.2) is 26.5 Å². The molecule has 2 atom stereocenters. The van der Waals surface area contributed by atoms with Gasteiger partial charge in [0.15, 0.2) is 17.2 Å². The number of hydrogen-bond donors (Lipinski definition) is 4. The SMILES string of the molecule is CC(C)c1ccccc1[C@H]1CCCN1C1CC2(CCN(c3ccc(C(=O)NS(=O)(=O)c4cc5c(c([N+](=O)[O-])c4)N[C@@H](C4CCC(C)(O)CC4)CO5)c(Oc4cc5cc[nH]c5nc4S(=O)(=O)C4CC4)c3)CC2)C1. The largest absolute Gasteiger partial charge is 0.489 e. The van der Waals surface area contributed by atoms with E-state index in [1.807, 2.05) is 0 Å². The first-order chi connectivity index (χ1) is 34.4. The summed E-state index contributed by atoms with van der Waals surface area (Å²) in [5.74, 6) is -0.806. The third-order valence-corrected chi connectivity index (χ3v) is 20.1. The summed E-state index contributed by atoms with van der Waals surface area (Å²) in [4.78, 5) is 38.1. The number of nitro groups is 1. The highest BCUT2D eigenvalue weighted by Gasteiger charge is 2.50. The number of pyridine rings is 1. The molecular formula is C53H63N7O10S2. The van der Waals surface area contributed by atoms with Crippen molar-refractivity contribution >= 4 is 53.9 Å². The molecule has 72 heavy (non-hydrogen) atoms. The third kappa shape index (κ3) is 9.19. The summed E-state index contributed by atoms with van der Waals surface area (Å²) in [5.41, 5.74) is 2.70. The third-order valence-electron chi connectivity index (χ3n) is 16.6. The lowest BCUT2D eigenvalue weighted by molar-refractivity contribution is -0.384. The molecule has 17 nitrogen and oxygen atoms in total. The van der Waals surface area contributed by atoms with Gasteiger partial charge in [-0.15, -0.1) is 0 Å². The van der Waals surface area contributed by atoms with Crippen LogP contribution in [0.5, 0.6) is 17.2 Å². The number of sulfone groups is 1. The van der Waals surface area contributed by atoms with E-state index >= 15 is 0 Å². The lowest BCUT2D eigenvalue weighted by atomic mass is 9.59. The summed E-state index contributed by atoms with van der Waals surface area (Å²) < 4.78 is 70.7. The van der Waals surface area contributed by atoms with Crippen LogP contribution in [0.1, 0.15) is 131 Å². The Balaban J connectivity index is 0.853. The first-order valence-corrected chi connectivity index (χ1v) is 28.5. The van der Waals surface area contributed by atoms with Crippen LogP contribution in [0, 0.1) is 21.4 Å². The zero-order chi connectivity index (χ0) is 50.3. The minimum atomic E-state index is -4.79. The van der Waals surface area contributed by atoms with E-state index in [-0.39, 0.29) is 57.5 Å². The number of fused-ring (bicyclic) bond motifs is 2. The minimum Gasteiger partial charge on any atom is -0.489 e. The first kappa shape index (κ1) is 48.5. The van der Waals surface area contributed by atoms with E-state index in [2.05, 4.69) is 67.9 Å². The lowest BCUT2D eigenvalue weighted by Gasteiger charge is -2.56. The number of aromatic amines is 1. The van der Waals surface area contributed by atoms with Gasteiger partial charge in [0.1, 0.15) is 18.0 Å². The normalized spacial score (nSPS) is 24.6. The lowest BCUT2D eigenvalue weighted by Crippen LogP contribution is -2.54. The zero-order valence-electron chi connectivity index (χ0n) is 40.9. The van der Waals surface area contributed by atoms with E-state index in [9.17, 15) is 36.9 Å². The van der Waals surface area contributed by atoms with Crippen LogP contribution in [0.3, 0.4) is 0 Å². The molecule has 3 aliphatic carbocycles. The summed E-state index contributed by atoms with van der Waals surface area (Å²) in [6.07, 6.45) is 11.7. The maximum atomic E-state index is 14.4. The number of carbonyl (C=O) groups excluding carboxylic acids is 1. The molecule has 1 amide bonds. The molecule has 6 aliphatic rings. The number of aliphatic hydroxyl groups is 1. The topological polar surface area (TPSA) is 226 Å². The molecule has 2 aromatic heterocycles. The predicted octanol–water partition coefficient (Wildman–Crippen LogP) is 9.14. The standard InChI is InChI=1S/C53H63N7O10S2/c1-32(2)39-7-4-5-8-40(39)43-9-6-22-59(43)36-29-53(30-36)19-23-58(24-20-53)35-10-13-41(45(26-35)70-47-25-34-16-21-54-49(34)56-51(47)71(65,66)37-11-12-37)50(61)57-72(67,68)38-27-44(60(63)64)48-46(28-38)69-31-42(55-48)33-14-17-52(3,62)18-15-33/h4-5,7-8,10,13,16,21,25-28,32-33,36-37,42-43,55,62H,6,9,11-12,14-15,17-20,22-24,29-31H2,1-3H3,(H,54,56)(H,57,61)/t33?,42-,43-,52?/m1/s1. The Kier molecular flexibility index (Phi) is 12.3. The van der Waals surface area contributed by atoms with Crippen LogP contribution in [-0.2, 0) is 19.9 Å². The number of amides is 1. The van der Waals surface area contributed by atoms with Gasteiger partial charge < -0.3 is 29.8 Å². The Morgan fingerprint density at radius 2 is 1.69 bits per heavy atom. The first-order valence-electron chi connectivity index (χ1n) is 25.5. The minimum absolute atomic E-state index is 0.0411. The smallest absolute Gasteiger partial charge is 0.297 e. The summed E-state index contributed by atoms with van der Waals surface area (Å²) in [6.45, 7) is 9.03. The number of nitrogens with zero attached hydrogens (tertiary/aromatic N) is 4. The highest BCUT2D eigenvalue weighted by molar-refractivity contribution is 7.92. The van der Waals surface area contributed by atoms with Gasteiger partial charge in [0.2, 0.25) is 14.9 Å². The second-order valence-electron chi connectivity index (χ2n) is 21.9. The maximum absolute atomic E-state index is 14.4. The van der Waals surface area contributed by atoms with Crippen molar-refractivity contribution < 1.29 is 41.1 Å². The van der Waals surface area contributed by atoms with Gasteiger partial charge in [-0.05, 0) is 143 Å². The fraction of sp³-hybridized carbons (Fsp3) is 0.509. The Labute approximate surface area is 420 Å². The van der Waals surface area contributed by atoms with Gasteiger partial charge in [-0.1, -0.05) is 38.1 Å². The molecular weight excluding hydrogens is 959 g/mol. The number of anilines is 2. The van der Waals surface area contributed by atoms with Gasteiger partial charge >= 0.3 is 0 Å². The second kappa shape index (κ2) is 18.3. The van der Waals surface area contributed by atoms with Crippen molar-refractivity contribution in [2.75, 3.05) is 36.5 Å². The van der Waals surface area contributed by atoms with Gasteiger partial charge in [0.05, 0.1) is 32.3 Å². The molecule has 11 rings (SSSR count). The van der Waals surface area contributed by atoms with Crippen molar-refractivity contribution in [2.24, 2.45) is 11.3 Å². The van der Waals surface area contributed by atoms with Crippen LogP contribution in [0.2, 0.25) is 0 Å². The molecule has 0 unspecified atom stereocenters. The molecule has 382 valence electrons. The number of aromatic nitrogens is 2. The maximum Gasteiger partial charge on any atom is 0.297 e. The Morgan fingerprint density at radius 3 is 2.42 bits per heavy atom. The number of H-pyrrole nitrogens is 1. The molecule has 19 heteroatoms. The van der Waals surface area contributed by atoms with Crippen LogP contribution < -0.4 is 24.4 Å². The van der Waals surface area contributed by atoms with E-state index in [0.29, 0.717) is 73.2 Å². The number of sulfonamides is 1. The van der Waals surface area contributed by atoms with E-state index in [4.69, 9.17) is 9.47 Å². The van der Waals surface area contributed by atoms with Gasteiger partial charge in [0.25, 0.3) is 21.6 Å². The predicted molar refractivity (Wildman–Crippen MR) is 272 cm³/mol. The number of rotatable bonds is 13. The molecule has 3 saturated carbocycles. The van der Waals surface area contributed by atoms with Crippen LogP contribution in [0.25, 0.3) is 11.0 Å². The van der Waals surface area contributed by atoms with Crippen LogP contribution in [0.4, 0.5) is 17.1 Å². The number of piperidine rings is 1. The van der Waals surface area contributed by atoms with Gasteiger partial charge in [-0.3, -0.25) is 19.8 Å². The molecule has 2 saturated heterocycles. The van der Waals surface area contributed by atoms with Crippen molar-refractivity contribution in [3.8, 4) is 17.2 Å². The summed E-state index contributed by atoms with van der Waals surface area (Å²) in [5, 5.41) is 25.8. The Morgan fingerprint density at radius 1 is 0.944 bits per heavy atom. The summed E-state index contributed by atoms with van der Waals surface area (Å²) >= 11 is 0. The summed E-state index contributed by atoms with van der Waals surface area (Å²) in [6, 6.07) is 19.7. The summed E-state index contributed by atoms with van der Waals surface area (Å²) in [7, 11) is -8.73. The van der Waals surface area contributed by atoms with Crippen LogP contribution >= 0.6 is 0 Å². The van der Waals surface area contributed by atoms with Crippen LogP contribution in [0.15, 0.2) is 82.8 Å². The number of likely N-dealkylation sites (tertiary alicyclic amines) is 1. The van der Waals surface area contributed by atoms with Crippen molar-refractivity contribution in [1.82, 2.24) is 19.6 Å². The molecule has 0 bridgehead atoms. The molecule has 5 aromatic rings. The fourth-order valence-electron chi connectivity index (χ4n) is 12.3. The molecule has 1 spiro atoms. The quantitative estimate of drug-likeness (QED) is 0.0637. The number of nitro benzene ring substituents is 1. The van der Waals surface area contributed by atoms with Gasteiger partial charge in [-0.2, -0.15) is 0 Å². The molecule has 4 N–H and O–H groups in total. The Bertz CT molecular complexity index is 3160. The van der Waals surface area contributed by atoms with E-state index in [1.165, 1.54) is 30.0 Å². The van der Waals surface area contributed by atoms with E-state index < -0.39 is 52.1 Å².